The molecule has 0 radical (unpaired) electrons. The van der Waals surface area contributed by atoms with Gasteiger partial charge in [-0.1, -0.05) is 42.5 Å². The van der Waals surface area contributed by atoms with E-state index >= 15 is 0 Å². The van der Waals surface area contributed by atoms with E-state index in [2.05, 4.69) is 12.1 Å². The topological polar surface area (TPSA) is 74.1 Å². The van der Waals surface area contributed by atoms with Crippen molar-refractivity contribution in [3.05, 3.63) is 89.9 Å². The first-order chi connectivity index (χ1) is 16.5. The minimum absolute atomic E-state index is 0.132. The number of hydrogen-bond acceptors (Lipinski definition) is 4. The van der Waals surface area contributed by atoms with Crippen molar-refractivity contribution in [3.63, 3.8) is 0 Å². The third kappa shape index (κ3) is 5.36. The minimum atomic E-state index is -0.323. The van der Waals surface area contributed by atoms with Crippen molar-refractivity contribution >= 4 is 23.4 Å². The molecule has 34 heavy (non-hydrogen) atoms. The predicted octanol–water partition coefficient (Wildman–Crippen LogP) is 3.86. The van der Waals surface area contributed by atoms with Crippen LogP contribution in [-0.4, -0.2) is 60.7 Å². The largest absolute Gasteiger partial charge is 0.459 e. The molecule has 0 N–H and O–H groups in total. The molecular weight excluding hydrogens is 430 g/mol. The third-order valence-electron chi connectivity index (χ3n) is 6.15. The number of para-hydroxylation sites is 1. The average Bonchev–Trinajstić information content (AvgIpc) is 3.43. The van der Waals surface area contributed by atoms with Gasteiger partial charge in [-0.3, -0.25) is 14.4 Å². The molecule has 1 aliphatic rings. The predicted molar refractivity (Wildman–Crippen MR) is 130 cm³/mol. The van der Waals surface area contributed by atoms with Gasteiger partial charge in [0.2, 0.25) is 5.91 Å². The second-order valence-corrected chi connectivity index (χ2v) is 8.37. The molecule has 1 aromatic heterocycles. The molecule has 7 nitrogen and oxygen atoms in total. The number of aryl methyl sites for hydroxylation is 1. The number of amides is 3. The zero-order valence-electron chi connectivity index (χ0n) is 19.4. The number of piperazine rings is 1. The van der Waals surface area contributed by atoms with Gasteiger partial charge >= 0.3 is 0 Å². The summed E-state index contributed by atoms with van der Waals surface area (Å²) in [6, 6.07) is 20.5. The monoisotopic (exact) mass is 459 g/mol. The molecule has 4 rings (SSSR count). The van der Waals surface area contributed by atoms with Crippen LogP contribution in [0.25, 0.3) is 0 Å². The summed E-state index contributed by atoms with van der Waals surface area (Å²) in [5, 5.41) is 0. The van der Waals surface area contributed by atoms with Crippen LogP contribution in [0.5, 0.6) is 0 Å². The number of nitrogens with zero attached hydrogens (tertiary/aromatic N) is 3. The minimum Gasteiger partial charge on any atom is -0.459 e. The quantitative estimate of drug-likeness (QED) is 0.538. The van der Waals surface area contributed by atoms with E-state index in [1.165, 1.54) is 16.7 Å². The van der Waals surface area contributed by atoms with Crippen molar-refractivity contribution in [1.29, 1.82) is 0 Å². The molecule has 0 spiro atoms. The summed E-state index contributed by atoms with van der Waals surface area (Å²) >= 11 is 0. The van der Waals surface area contributed by atoms with Gasteiger partial charge in [-0.05, 0) is 42.7 Å². The Morgan fingerprint density at radius 1 is 0.853 bits per heavy atom. The van der Waals surface area contributed by atoms with Crippen molar-refractivity contribution in [2.24, 2.45) is 0 Å². The van der Waals surface area contributed by atoms with E-state index in [0.717, 1.165) is 12.8 Å². The van der Waals surface area contributed by atoms with Crippen LogP contribution in [0.2, 0.25) is 0 Å². The van der Waals surface area contributed by atoms with Crippen molar-refractivity contribution in [3.8, 4) is 0 Å². The van der Waals surface area contributed by atoms with Gasteiger partial charge in [0.1, 0.15) is 0 Å². The van der Waals surface area contributed by atoms with Crippen molar-refractivity contribution in [1.82, 2.24) is 9.80 Å². The fraction of sp³-hybridized carbons (Fsp3) is 0.296. The van der Waals surface area contributed by atoms with Gasteiger partial charge in [0, 0.05) is 39.6 Å². The van der Waals surface area contributed by atoms with Crippen LogP contribution in [0.1, 0.15) is 39.3 Å². The Morgan fingerprint density at radius 3 is 2.24 bits per heavy atom. The number of carbonyl (C=O) groups is 3. The molecule has 7 heteroatoms. The lowest BCUT2D eigenvalue weighted by atomic mass is 10.1. The second-order valence-electron chi connectivity index (χ2n) is 8.37. The van der Waals surface area contributed by atoms with Gasteiger partial charge in [-0.25, -0.2) is 0 Å². The molecule has 0 atom stereocenters. The van der Waals surface area contributed by atoms with Crippen molar-refractivity contribution in [2.75, 3.05) is 38.1 Å². The average molecular weight is 460 g/mol. The number of hydrogen-bond donors (Lipinski definition) is 0. The standard InChI is InChI=1S/C27H29N3O4/c1-28(27(33)24-14-8-20-34-24)23-13-6-5-12-22(23)26(32)30-18-16-29(17-19-30)25(31)15-7-11-21-9-3-2-4-10-21/h2-6,8-10,12-14,20H,7,11,15-19H2,1H3. The van der Waals surface area contributed by atoms with Gasteiger partial charge in [0.15, 0.2) is 5.76 Å². The van der Waals surface area contributed by atoms with E-state index in [1.54, 1.807) is 48.3 Å². The fourth-order valence-corrected chi connectivity index (χ4v) is 4.20. The Balaban J connectivity index is 1.33. The molecule has 0 bridgehead atoms. The first kappa shape index (κ1) is 23.3. The maximum absolute atomic E-state index is 13.3. The normalized spacial score (nSPS) is 13.6. The molecule has 0 saturated carbocycles. The molecule has 2 aromatic carbocycles. The lowest BCUT2D eigenvalue weighted by molar-refractivity contribution is -0.132. The highest BCUT2D eigenvalue weighted by Gasteiger charge is 2.28. The second kappa shape index (κ2) is 10.8. The number of benzene rings is 2. The highest BCUT2D eigenvalue weighted by atomic mass is 16.3. The van der Waals surface area contributed by atoms with Crippen LogP contribution < -0.4 is 4.90 Å². The smallest absolute Gasteiger partial charge is 0.293 e. The maximum Gasteiger partial charge on any atom is 0.293 e. The Kier molecular flexibility index (Phi) is 7.42. The molecule has 3 amide bonds. The summed E-state index contributed by atoms with van der Waals surface area (Å²) in [5.74, 6) is -0.126. The summed E-state index contributed by atoms with van der Waals surface area (Å²) < 4.78 is 5.22. The molecule has 0 unspecified atom stereocenters. The van der Waals surface area contributed by atoms with Gasteiger partial charge < -0.3 is 19.1 Å². The van der Waals surface area contributed by atoms with E-state index in [0.29, 0.717) is 43.9 Å². The van der Waals surface area contributed by atoms with Crippen LogP contribution in [0, 0.1) is 0 Å². The van der Waals surface area contributed by atoms with Crippen LogP contribution in [0.3, 0.4) is 0 Å². The highest BCUT2D eigenvalue weighted by Crippen LogP contribution is 2.23. The van der Waals surface area contributed by atoms with Crippen LogP contribution >= 0.6 is 0 Å². The summed E-state index contributed by atoms with van der Waals surface area (Å²) in [6.45, 7) is 1.96. The van der Waals surface area contributed by atoms with Crippen LogP contribution in [-0.2, 0) is 11.2 Å². The zero-order chi connectivity index (χ0) is 23.9. The first-order valence-corrected chi connectivity index (χ1v) is 11.6. The maximum atomic E-state index is 13.3. The van der Waals surface area contributed by atoms with E-state index in [4.69, 9.17) is 4.42 Å². The Morgan fingerprint density at radius 2 is 1.53 bits per heavy atom. The van der Waals surface area contributed by atoms with Gasteiger partial charge in [-0.2, -0.15) is 0 Å². The summed E-state index contributed by atoms with van der Waals surface area (Å²) in [7, 11) is 1.63. The molecule has 2 heterocycles. The van der Waals surface area contributed by atoms with Gasteiger partial charge in [-0.15, -0.1) is 0 Å². The lowest BCUT2D eigenvalue weighted by Gasteiger charge is -2.35. The van der Waals surface area contributed by atoms with Crippen molar-refractivity contribution in [2.45, 2.75) is 19.3 Å². The zero-order valence-corrected chi connectivity index (χ0v) is 19.4. The molecule has 3 aromatic rings. The summed E-state index contributed by atoms with van der Waals surface area (Å²) in [6.07, 6.45) is 3.64. The van der Waals surface area contributed by atoms with Gasteiger partial charge in [0.05, 0.1) is 17.5 Å². The van der Waals surface area contributed by atoms with Gasteiger partial charge in [0.25, 0.3) is 11.8 Å². The summed E-state index contributed by atoms with van der Waals surface area (Å²) in [5.41, 5.74) is 2.21. The molecule has 0 aliphatic carbocycles. The number of furan rings is 1. The Hall–Kier alpha value is -3.87. The summed E-state index contributed by atoms with van der Waals surface area (Å²) in [4.78, 5) is 43.7. The Labute approximate surface area is 199 Å². The Bertz CT molecular complexity index is 1120. The van der Waals surface area contributed by atoms with Crippen LogP contribution in [0.4, 0.5) is 5.69 Å². The molecule has 1 fully saturated rings. The molecule has 176 valence electrons. The SMILES string of the molecule is CN(C(=O)c1ccco1)c1ccccc1C(=O)N1CCN(C(=O)CCCc2ccccc2)CC1. The number of anilines is 1. The van der Waals surface area contributed by atoms with E-state index in [-0.39, 0.29) is 23.5 Å². The molecule has 1 aliphatic heterocycles. The molecular formula is C27H29N3O4. The number of rotatable bonds is 7. The fourth-order valence-electron chi connectivity index (χ4n) is 4.20. The molecule has 1 saturated heterocycles. The highest BCUT2D eigenvalue weighted by molar-refractivity contribution is 6.09. The lowest BCUT2D eigenvalue weighted by Crippen LogP contribution is -2.50. The first-order valence-electron chi connectivity index (χ1n) is 11.6. The van der Waals surface area contributed by atoms with Crippen molar-refractivity contribution < 1.29 is 18.8 Å². The third-order valence-corrected chi connectivity index (χ3v) is 6.15. The number of carbonyl (C=O) groups excluding carboxylic acids is 3. The van der Waals surface area contributed by atoms with E-state index in [9.17, 15) is 14.4 Å². The van der Waals surface area contributed by atoms with E-state index in [1.807, 2.05) is 23.1 Å². The van der Waals surface area contributed by atoms with E-state index < -0.39 is 0 Å². The van der Waals surface area contributed by atoms with Crippen LogP contribution in [0.15, 0.2) is 77.4 Å².